The molecule has 0 radical (unpaired) electrons. The number of rotatable bonds is 5. The number of nitrogen functional groups attached to an aromatic ring is 1. The number of pyridine rings is 1. The van der Waals surface area contributed by atoms with E-state index in [9.17, 15) is 23.7 Å². The van der Waals surface area contributed by atoms with E-state index in [2.05, 4.69) is 9.72 Å². The Hall–Kier alpha value is -2.32. The van der Waals surface area contributed by atoms with Gasteiger partial charge >= 0.3 is 5.97 Å². The zero-order valence-electron chi connectivity index (χ0n) is 9.93. The van der Waals surface area contributed by atoms with E-state index in [1.165, 1.54) is 0 Å². The number of esters is 1. The van der Waals surface area contributed by atoms with E-state index in [0.29, 0.717) is 6.20 Å². The van der Waals surface area contributed by atoms with Gasteiger partial charge in [0.05, 0.1) is 18.0 Å². The van der Waals surface area contributed by atoms with Gasteiger partial charge in [-0.15, -0.1) is 0 Å². The second-order valence-corrected chi connectivity index (χ2v) is 3.46. The monoisotopic (exact) mass is 275 g/mol. The summed E-state index contributed by atoms with van der Waals surface area (Å²) >= 11 is 0. The minimum absolute atomic E-state index is 0.0606. The van der Waals surface area contributed by atoms with Crippen molar-refractivity contribution in [1.29, 1.82) is 0 Å². The Labute approximate surface area is 106 Å². The zero-order chi connectivity index (χ0) is 14.6. The predicted octanol–water partition coefficient (Wildman–Crippen LogP) is 1.62. The van der Waals surface area contributed by atoms with Crippen LogP contribution in [0.5, 0.6) is 0 Å². The molecule has 19 heavy (non-hydrogen) atoms. The van der Waals surface area contributed by atoms with E-state index in [4.69, 9.17) is 5.73 Å². The quantitative estimate of drug-likeness (QED) is 0.497. The molecule has 0 unspecified atom stereocenters. The van der Waals surface area contributed by atoms with Crippen LogP contribution in [0.1, 0.15) is 24.5 Å². The molecular weight excluding hydrogens is 264 g/mol. The molecule has 0 bridgehead atoms. The molecule has 1 aromatic heterocycles. The summed E-state index contributed by atoms with van der Waals surface area (Å²) in [4.78, 5) is 24.4. The van der Waals surface area contributed by atoms with Crippen LogP contribution in [0.3, 0.4) is 0 Å². The van der Waals surface area contributed by atoms with Gasteiger partial charge in [0.25, 0.3) is 12.1 Å². The van der Waals surface area contributed by atoms with E-state index in [1.807, 2.05) is 0 Å². The Morgan fingerprint density at radius 1 is 1.63 bits per heavy atom. The first-order chi connectivity index (χ1) is 8.88. The van der Waals surface area contributed by atoms with Crippen molar-refractivity contribution in [1.82, 2.24) is 4.98 Å². The smallest absolute Gasteiger partial charge is 0.310 e. The number of halogens is 2. The highest BCUT2D eigenvalue weighted by molar-refractivity contribution is 5.76. The predicted molar refractivity (Wildman–Crippen MR) is 60.6 cm³/mol. The minimum atomic E-state index is -3.14. The average Bonchev–Trinajstić information content (AvgIpc) is 2.31. The summed E-state index contributed by atoms with van der Waals surface area (Å²) in [7, 11) is 0. The largest absolute Gasteiger partial charge is 0.466 e. The molecule has 104 valence electrons. The second-order valence-electron chi connectivity index (χ2n) is 3.46. The molecular formula is C10H11F2N3O4. The van der Waals surface area contributed by atoms with Gasteiger partial charge in [0.1, 0.15) is 17.6 Å². The number of aromatic nitrogens is 1. The first kappa shape index (κ1) is 14.7. The normalized spacial score (nSPS) is 10.5. The molecule has 1 rings (SSSR count). The topological polar surface area (TPSA) is 108 Å². The van der Waals surface area contributed by atoms with Crippen molar-refractivity contribution in [2.45, 2.75) is 19.8 Å². The summed E-state index contributed by atoms with van der Waals surface area (Å²) in [5, 5.41) is 10.7. The van der Waals surface area contributed by atoms with Crippen molar-refractivity contribution in [3.05, 3.63) is 27.4 Å². The lowest BCUT2D eigenvalue weighted by Crippen LogP contribution is -2.14. The van der Waals surface area contributed by atoms with Crippen molar-refractivity contribution in [2.75, 3.05) is 12.3 Å². The van der Waals surface area contributed by atoms with Crippen molar-refractivity contribution < 1.29 is 23.2 Å². The Balaban J connectivity index is 3.31. The third kappa shape index (κ3) is 3.33. The molecule has 0 saturated heterocycles. The number of alkyl halides is 2. The number of nitrogens with two attached hydrogens (primary N) is 1. The van der Waals surface area contributed by atoms with Crippen LogP contribution in [-0.4, -0.2) is 22.5 Å². The van der Waals surface area contributed by atoms with Crippen LogP contribution in [0.2, 0.25) is 0 Å². The fraction of sp³-hybridized carbons (Fsp3) is 0.400. The number of hydrogen-bond donors (Lipinski definition) is 1. The molecule has 0 aliphatic heterocycles. The van der Waals surface area contributed by atoms with Gasteiger partial charge in [0.2, 0.25) is 0 Å². The SMILES string of the molecule is CCOC(=O)Cc1c(N)ncc([N+](=O)[O-])c1C(F)F. The fourth-order valence-electron chi connectivity index (χ4n) is 1.50. The van der Waals surface area contributed by atoms with E-state index in [1.54, 1.807) is 6.92 Å². The molecule has 0 aromatic carbocycles. The lowest BCUT2D eigenvalue weighted by Gasteiger charge is -2.10. The molecule has 7 nitrogen and oxygen atoms in total. The van der Waals surface area contributed by atoms with Crippen LogP contribution in [-0.2, 0) is 16.0 Å². The van der Waals surface area contributed by atoms with Gasteiger partial charge in [-0.3, -0.25) is 14.9 Å². The van der Waals surface area contributed by atoms with Crippen LogP contribution in [0.4, 0.5) is 20.3 Å². The molecule has 1 heterocycles. The van der Waals surface area contributed by atoms with Crippen molar-refractivity contribution in [3.8, 4) is 0 Å². The minimum Gasteiger partial charge on any atom is -0.466 e. The van der Waals surface area contributed by atoms with Crippen LogP contribution < -0.4 is 5.73 Å². The van der Waals surface area contributed by atoms with Crippen molar-refractivity contribution >= 4 is 17.5 Å². The van der Waals surface area contributed by atoms with Gasteiger partial charge in [0.15, 0.2) is 0 Å². The summed E-state index contributed by atoms with van der Waals surface area (Å²) in [6.45, 7) is 1.60. The number of carbonyl (C=O) groups excluding carboxylic acids is 1. The molecule has 0 fully saturated rings. The van der Waals surface area contributed by atoms with E-state index in [-0.39, 0.29) is 18.0 Å². The number of nitrogens with zero attached hydrogens (tertiary/aromatic N) is 2. The van der Waals surface area contributed by atoms with Crippen molar-refractivity contribution in [3.63, 3.8) is 0 Å². The first-order valence-corrected chi connectivity index (χ1v) is 5.23. The molecule has 0 saturated carbocycles. The van der Waals surface area contributed by atoms with Crippen LogP contribution in [0.15, 0.2) is 6.20 Å². The maximum absolute atomic E-state index is 12.9. The number of carbonyl (C=O) groups is 1. The van der Waals surface area contributed by atoms with Gasteiger partial charge in [0, 0.05) is 5.56 Å². The van der Waals surface area contributed by atoms with Gasteiger partial charge in [-0.2, -0.15) is 0 Å². The van der Waals surface area contributed by atoms with E-state index < -0.39 is 35.0 Å². The zero-order valence-corrected chi connectivity index (χ0v) is 9.93. The average molecular weight is 275 g/mol. The summed E-state index contributed by atoms with van der Waals surface area (Å²) in [6.07, 6.45) is -3.09. The summed E-state index contributed by atoms with van der Waals surface area (Å²) < 4.78 is 30.4. The Morgan fingerprint density at radius 2 is 2.26 bits per heavy atom. The highest BCUT2D eigenvalue weighted by Crippen LogP contribution is 2.34. The summed E-state index contributed by atoms with van der Waals surface area (Å²) in [5.41, 5.74) is 3.26. The lowest BCUT2D eigenvalue weighted by molar-refractivity contribution is -0.386. The Kier molecular flexibility index (Phi) is 4.67. The van der Waals surface area contributed by atoms with Crippen LogP contribution in [0.25, 0.3) is 0 Å². The maximum Gasteiger partial charge on any atom is 0.310 e. The Morgan fingerprint density at radius 3 is 2.74 bits per heavy atom. The highest BCUT2D eigenvalue weighted by atomic mass is 19.3. The van der Waals surface area contributed by atoms with E-state index >= 15 is 0 Å². The molecule has 0 atom stereocenters. The fourth-order valence-corrected chi connectivity index (χ4v) is 1.50. The third-order valence-corrected chi connectivity index (χ3v) is 2.28. The number of hydrogen-bond acceptors (Lipinski definition) is 6. The standard InChI is InChI=1S/C10H11F2N3O4/c1-2-19-7(16)3-5-8(9(11)12)6(15(17)18)4-14-10(5)13/h4,9H,2-3H2,1H3,(H2,13,14). The maximum atomic E-state index is 12.9. The van der Waals surface area contributed by atoms with Crippen molar-refractivity contribution in [2.24, 2.45) is 0 Å². The summed E-state index contributed by atoms with van der Waals surface area (Å²) in [5.74, 6) is -1.16. The van der Waals surface area contributed by atoms with Crippen LogP contribution >= 0.6 is 0 Å². The number of anilines is 1. The number of ether oxygens (including phenoxy) is 1. The Bertz CT molecular complexity index is 508. The van der Waals surface area contributed by atoms with E-state index in [0.717, 1.165) is 0 Å². The molecule has 0 spiro atoms. The number of nitro groups is 1. The third-order valence-electron chi connectivity index (χ3n) is 2.28. The molecule has 2 N–H and O–H groups in total. The first-order valence-electron chi connectivity index (χ1n) is 5.23. The molecule has 9 heteroatoms. The molecule has 0 aliphatic carbocycles. The van der Waals surface area contributed by atoms with Gasteiger partial charge in [-0.1, -0.05) is 0 Å². The molecule has 0 aliphatic rings. The molecule has 0 amide bonds. The summed E-state index contributed by atoms with van der Waals surface area (Å²) in [6, 6.07) is 0. The lowest BCUT2D eigenvalue weighted by atomic mass is 10.0. The highest BCUT2D eigenvalue weighted by Gasteiger charge is 2.29. The molecule has 1 aromatic rings. The van der Waals surface area contributed by atoms with Gasteiger partial charge in [-0.05, 0) is 6.92 Å². The van der Waals surface area contributed by atoms with Gasteiger partial charge in [-0.25, -0.2) is 13.8 Å². The second kappa shape index (κ2) is 6.03. The van der Waals surface area contributed by atoms with Gasteiger partial charge < -0.3 is 10.5 Å². The van der Waals surface area contributed by atoms with Crippen LogP contribution in [0, 0.1) is 10.1 Å².